The molecule has 3 heteroatoms. The maximum Gasteiger partial charge on any atom is 0.110 e. The highest BCUT2D eigenvalue weighted by Gasteiger charge is 2.09. The number of nitrogens with zero attached hydrogens (tertiary/aromatic N) is 1. The van der Waals surface area contributed by atoms with Gasteiger partial charge < -0.3 is 14.6 Å². The number of fused-ring (bicyclic) bond motifs is 1. The molecule has 0 radical (unpaired) electrons. The zero-order chi connectivity index (χ0) is 13.6. The first-order chi connectivity index (χ1) is 9.93. The van der Waals surface area contributed by atoms with Gasteiger partial charge in [-0.3, -0.25) is 0 Å². The number of hydrogen-bond donors (Lipinski definition) is 1. The smallest absolute Gasteiger partial charge is 0.110 e. The van der Waals surface area contributed by atoms with Gasteiger partial charge in [0.05, 0.1) is 6.26 Å². The molecule has 0 amide bonds. The standard InChI is InChI=1S/C17H22N2O/c1-2-8-17-15(6-1)9-12-19(17)11-5-10-18-14-16-7-3-4-13-20-16/h1-2,4,6,8-9,12-13,16,18H,3,5,7,10-11,14H2. The molecular weight excluding hydrogens is 248 g/mol. The molecule has 1 atom stereocenters. The van der Waals surface area contributed by atoms with Crippen LogP contribution in [0.2, 0.25) is 0 Å². The lowest BCUT2D eigenvalue weighted by atomic mass is 10.1. The summed E-state index contributed by atoms with van der Waals surface area (Å²) in [5, 5.41) is 4.82. The summed E-state index contributed by atoms with van der Waals surface area (Å²) in [6, 6.07) is 10.7. The van der Waals surface area contributed by atoms with Crippen molar-refractivity contribution in [1.82, 2.24) is 9.88 Å². The molecule has 1 unspecified atom stereocenters. The average molecular weight is 270 g/mol. The second-order valence-corrected chi connectivity index (χ2v) is 5.33. The third-order valence-electron chi connectivity index (χ3n) is 3.83. The van der Waals surface area contributed by atoms with Crippen LogP contribution >= 0.6 is 0 Å². The Morgan fingerprint density at radius 3 is 3.10 bits per heavy atom. The molecule has 0 fully saturated rings. The van der Waals surface area contributed by atoms with Crippen LogP contribution in [0.5, 0.6) is 0 Å². The number of hydrogen-bond acceptors (Lipinski definition) is 2. The van der Waals surface area contributed by atoms with E-state index in [-0.39, 0.29) is 0 Å². The van der Waals surface area contributed by atoms with E-state index in [2.05, 4.69) is 52.5 Å². The van der Waals surface area contributed by atoms with E-state index in [1.165, 1.54) is 10.9 Å². The van der Waals surface area contributed by atoms with E-state index in [0.717, 1.165) is 38.9 Å². The number of benzene rings is 1. The van der Waals surface area contributed by atoms with Gasteiger partial charge in [-0.15, -0.1) is 0 Å². The van der Waals surface area contributed by atoms with E-state index in [1.807, 2.05) is 6.26 Å². The lowest BCUT2D eigenvalue weighted by Crippen LogP contribution is -2.30. The fourth-order valence-corrected chi connectivity index (χ4v) is 2.71. The molecule has 0 bridgehead atoms. The van der Waals surface area contributed by atoms with Gasteiger partial charge in [0.1, 0.15) is 6.10 Å². The Kier molecular flexibility index (Phi) is 4.38. The number of nitrogens with one attached hydrogen (secondary N) is 1. The second-order valence-electron chi connectivity index (χ2n) is 5.33. The van der Waals surface area contributed by atoms with Crippen LogP contribution in [-0.4, -0.2) is 23.8 Å². The Labute approximate surface area is 120 Å². The number of aromatic nitrogens is 1. The van der Waals surface area contributed by atoms with Gasteiger partial charge >= 0.3 is 0 Å². The molecule has 0 spiro atoms. The first-order valence-electron chi connectivity index (χ1n) is 7.48. The number of para-hydroxylation sites is 1. The summed E-state index contributed by atoms with van der Waals surface area (Å²) < 4.78 is 7.87. The van der Waals surface area contributed by atoms with Crippen LogP contribution in [0.15, 0.2) is 48.9 Å². The Bertz CT molecular complexity index is 573. The van der Waals surface area contributed by atoms with Crippen LogP contribution in [0.3, 0.4) is 0 Å². The van der Waals surface area contributed by atoms with Crippen LogP contribution < -0.4 is 5.32 Å². The average Bonchev–Trinajstić information content (AvgIpc) is 2.91. The summed E-state index contributed by atoms with van der Waals surface area (Å²) in [6.07, 6.45) is 9.87. The van der Waals surface area contributed by atoms with Gasteiger partial charge in [-0.2, -0.15) is 0 Å². The van der Waals surface area contributed by atoms with Crippen molar-refractivity contribution in [2.24, 2.45) is 0 Å². The predicted molar refractivity (Wildman–Crippen MR) is 82.7 cm³/mol. The Morgan fingerprint density at radius 2 is 2.20 bits per heavy atom. The number of allylic oxidation sites excluding steroid dienone is 1. The zero-order valence-corrected chi connectivity index (χ0v) is 11.8. The van der Waals surface area contributed by atoms with E-state index in [1.54, 1.807) is 0 Å². The monoisotopic (exact) mass is 270 g/mol. The van der Waals surface area contributed by atoms with Gasteiger partial charge in [-0.25, -0.2) is 0 Å². The molecule has 2 aromatic rings. The quantitative estimate of drug-likeness (QED) is 0.815. The van der Waals surface area contributed by atoms with Crippen LogP contribution in [0, 0.1) is 0 Å². The Hall–Kier alpha value is -1.74. The first kappa shape index (κ1) is 13.3. The van der Waals surface area contributed by atoms with Crippen LogP contribution in [0.1, 0.15) is 19.3 Å². The largest absolute Gasteiger partial charge is 0.497 e. The molecule has 3 rings (SSSR count). The minimum Gasteiger partial charge on any atom is -0.497 e. The second kappa shape index (κ2) is 6.62. The summed E-state index contributed by atoms with van der Waals surface area (Å²) in [5.74, 6) is 0. The predicted octanol–water partition coefficient (Wildman–Crippen LogP) is 3.31. The molecule has 1 aliphatic rings. The summed E-state index contributed by atoms with van der Waals surface area (Å²) in [5.41, 5.74) is 1.33. The van der Waals surface area contributed by atoms with E-state index in [0.29, 0.717) is 6.10 Å². The molecule has 106 valence electrons. The van der Waals surface area contributed by atoms with Gasteiger partial charge in [0.15, 0.2) is 0 Å². The minimum absolute atomic E-state index is 0.354. The van der Waals surface area contributed by atoms with Crippen molar-refractivity contribution in [2.45, 2.75) is 31.9 Å². The molecule has 0 saturated carbocycles. The van der Waals surface area contributed by atoms with Crippen LogP contribution in [0.4, 0.5) is 0 Å². The third kappa shape index (κ3) is 3.23. The van der Waals surface area contributed by atoms with Crippen molar-refractivity contribution in [3.8, 4) is 0 Å². The van der Waals surface area contributed by atoms with Gasteiger partial charge in [0, 0.05) is 24.8 Å². The van der Waals surface area contributed by atoms with Crippen LogP contribution in [-0.2, 0) is 11.3 Å². The Morgan fingerprint density at radius 1 is 1.25 bits per heavy atom. The summed E-state index contributed by atoms with van der Waals surface area (Å²) >= 11 is 0. The van der Waals surface area contributed by atoms with Crippen molar-refractivity contribution in [1.29, 1.82) is 0 Å². The van der Waals surface area contributed by atoms with Gasteiger partial charge in [-0.05, 0) is 49.4 Å². The molecule has 1 aliphatic heterocycles. The van der Waals surface area contributed by atoms with E-state index in [9.17, 15) is 0 Å². The lowest BCUT2D eigenvalue weighted by Gasteiger charge is -2.19. The summed E-state index contributed by atoms with van der Waals surface area (Å²) in [4.78, 5) is 0. The lowest BCUT2D eigenvalue weighted by molar-refractivity contribution is 0.122. The highest BCUT2D eigenvalue weighted by atomic mass is 16.5. The van der Waals surface area contributed by atoms with Crippen molar-refractivity contribution in [3.05, 3.63) is 48.9 Å². The molecule has 1 aromatic carbocycles. The molecule has 2 heterocycles. The third-order valence-corrected chi connectivity index (χ3v) is 3.83. The minimum atomic E-state index is 0.354. The van der Waals surface area contributed by atoms with Crippen molar-refractivity contribution in [3.63, 3.8) is 0 Å². The SMILES string of the molecule is C1=COC(CNCCCn2ccc3ccccc32)CC1. The normalized spacial score (nSPS) is 18.3. The number of rotatable bonds is 6. The fraction of sp³-hybridized carbons (Fsp3) is 0.412. The molecule has 1 N–H and O–H groups in total. The fourth-order valence-electron chi connectivity index (χ4n) is 2.71. The summed E-state index contributed by atoms with van der Waals surface area (Å²) in [7, 11) is 0. The van der Waals surface area contributed by atoms with Gasteiger partial charge in [-0.1, -0.05) is 18.2 Å². The molecule has 20 heavy (non-hydrogen) atoms. The number of aryl methyl sites for hydroxylation is 1. The maximum atomic E-state index is 5.54. The van der Waals surface area contributed by atoms with E-state index >= 15 is 0 Å². The summed E-state index contributed by atoms with van der Waals surface area (Å²) in [6.45, 7) is 3.05. The molecule has 1 aromatic heterocycles. The molecular formula is C17H22N2O. The molecule has 0 saturated heterocycles. The topological polar surface area (TPSA) is 26.2 Å². The van der Waals surface area contributed by atoms with Crippen LogP contribution in [0.25, 0.3) is 10.9 Å². The van der Waals surface area contributed by atoms with Crippen molar-refractivity contribution < 1.29 is 4.74 Å². The molecule has 3 nitrogen and oxygen atoms in total. The Balaban J connectivity index is 1.40. The van der Waals surface area contributed by atoms with E-state index in [4.69, 9.17) is 4.74 Å². The zero-order valence-electron chi connectivity index (χ0n) is 11.8. The highest BCUT2D eigenvalue weighted by molar-refractivity contribution is 5.79. The number of ether oxygens (including phenoxy) is 1. The van der Waals surface area contributed by atoms with Gasteiger partial charge in [0.25, 0.3) is 0 Å². The molecule has 0 aliphatic carbocycles. The first-order valence-corrected chi connectivity index (χ1v) is 7.48. The van der Waals surface area contributed by atoms with Crippen molar-refractivity contribution >= 4 is 10.9 Å². The van der Waals surface area contributed by atoms with Gasteiger partial charge in [0.2, 0.25) is 0 Å². The van der Waals surface area contributed by atoms with Crippen molar-refractivity contribution in [2.75, 3.05) is 13.1 Å². The maximum absolute atomic E-state index is 5.54. The highest BCUT2D eigenvalue weighted by Crippen LogP contribution is 2.15. The van der Waals surface area contributed by atoms with E-state index < -0.39 is 0 Å².